The Hall–Kier alpha value is -3.41. The molecule has 6 heteroatoms. The summed E-state index contributed by atoms with van der Waals surface area (Å²) in [6.07, 6.45) is 5.43. The number of benzene rings is 1. The molecule has 1 N–H and O–H groups in total. The molecule has 4 rings (SSSR count). The molecule has 1 aromatic carbocycles. The highest BCUT2D eigenvalue weighted by atomic mass is 16.3. The van der Waals surface area contributed by atoms with Gasteiger partial charge in [-0.05, 0) is 48.4 Å². The smallest absolute Gasteiger partial charge is 0.291 e. The molecule has 1 aliphatic heterocycles. The molecule has 0 fully saturated rings. The lowest BCUT2D eigenvalue weighted by molar-refractivity contribution is 0.0985. The van der Waals surface area contributed by atoms with Crippen molar-refractivity contribution in [2.45, 2.75) is 6.42 Å². The minimum absolute atomic E-state index is 0.0960. The van der Waals surface area contributed by atoms with Crippen LogP contribution < -0.4 is 10.2 Å². The number of nitrogens with one attached hydrogen (secondary N) is 1. The van der Waals surface area contributed by atoms with Gasteiger partial charge in [-0.1, -0.05) is 6.07 Å². The third-order valence-electron chi connectivity index (χ3n) is 4.14. The highest BCUT2D eigenvalue weighted by molar-refractivity contribution is 6.08. The molecule has 0 unspecified atom stereocenters. The minimum Gasteiger partial charge on any atom is -0.459 e. The lowest BCUT2D eigenvalue weighted by atomic mass is 10.1. The van der Waals surface area contributed by atoms with Gasteiger partial charge in [0.25, 0.3) is 11.8 Å². The lowest BCUT2D eigenvalue weighted by Gasteiger charge is -2.18. The maximum atomic E-state index is 12.7. The predicted octanol–water partition coefficient (Wildman–Crippen LogP) is 3.13. The van der Waals surface area contributed by atoms with Gasteiger partial charge in [0, 0.05) is 30.3 Å². The first kappa shape index (κ1) is 15.1. The summed E-state index contributed by atoms with van der Waals surface area (Å²) >= 11 is 0. The van der Waals surface area contributed by atoms with E-state index in [4.69, 9.17) is 4.42 Å². The van der Waals surface area contributed by atoms with Crippen molar-refractivity contribution in [1.82, 2.24) is 4.98 Å². The summed E-state index contributed by atoms with van der Waals surface area (Å²) in [5.74, 6) is -0.182. The van der Waals surface area contributed by atoms with E-state index >= 15 is 0 Å². The number of fused-ring (bicyclic) bond motifs is 1. The van der Waals surface area contributed by atoms with E-state index < -0.39 is 0 Å². The van der Waals surface area contributed by atoms with Crippen molar-refractivity contribution in [3.63, 3.8) is 0 Å². The van der Waals surface area contributed by atoms with Crippen LogP contribution in [0.2, 0.25) is 0 Å². The highest BCUT2D eigenvalue weighted by Gasteiger charge is 2.26. The molecule has 1 aliphatic rings. The summed E-state index contributed by atoms with van der Waals surface area (Å²) in [6.45, 7) is 0.610. The average molecular weight is 333 g/mol. The minimum atomic E-state index is -0.326. The first-order valence-electron chi connectivity index (χ1n) is 7.92. The molecule has 6 nitrogen and oxygen atoms in total. The van der Waals surface area contributed by atoms with Crippen LogP contribution in [0, 0.1) is 0 Å². The van der Waals surface area contributed by atoms with Gasteiger partial charge >= 0.3 is 0 Å². The van der Waals surface area contributed by atoms with E-state index in [9.17, 15) is 9.59 Å². The fourth-order valence-electron chi connectivity index (χ4n) is 2.91. The molecule has 3 aromatic rings. The van der Waals surface area contributed by atoms with Gasteiger partial charge in [-0.25, -0.2) is 0 Å². The standard InChI is InChI=1S/C19H15N3O3/c23-18(17-4-2-10-25-17)21-15-6-5-13-7-9-22(16(13)11-15)19(24)14-3-1-8-20-12-14/h1-6,8,10-12H,7,9H2,(H,21,23). The molecule has 0 radical (unpaired) electrons. The van der Waals surface area contributed by atoms with E-state index in [1.54, 1.807) is 41.6 Å². The number of furan rings is 1. The summed E-state index contributed by atoms with van der Waals surface area (Å²) in [5, 5.41) is 2.79. The van der Waals surface area contributed by atoms with Crippen LogP contribution in [0.15, 0.2) is 65.5 Å². The van der Waals surface area contributed by atoms with Gasteiger partial charge in [0.2, 0.25) is 0 Å². The molecule has 25 heavy (non-hydrogen) atoms. The normalized spacial score (nSPS) is 12.7. The number of aromatic nitrogens is 1. The number of pyridine rings is 1. The van der Waals surface area contributed by atoms with Gasteiger partial charge in [0.1, 0.15) is 0 Å². The van der Waals surface area contributed by atoms with Crippen molar-refractivity contribution >= 4 is 23.2 Å². The van der Waals surface area contributed by atoms with Crippen LogP contribution in [0.25, 0.3) is 0 Å². The van der Waals surface area contributed by atoms with Crippen LogP contribution in [-0.4, -0.2) is 23.3 Å². The van der Waals surface area contributed by atoms with Crippen LogP contribution in [0.5, 0.6) is 0 Å². The van der Waals surface area contributed by atoms with Gasteiger partial charge in [0.05, 0.1) is 11.8 Å². The summed E-state index contributed by atoms with van der Waals surface area (Å²) < 4.78 is 5.09. The number of hydrogen-bond donors (Lipinski definition) is 1. The molecule has 0 spiro atoms. The van der Waals surface area contributed by atoms with Gasteiger partial charge in [0.15, 0.2) is 5.76 Å². The number of anilines is 2. The van der Waals surface area contributed by atoms with Crippen LogP contribution in [0.3, 0.4) is 0 Å². The summed E-state index contributed by atoms with van der Waals surface area (Å²) in [6, 6.07) is 12.3. The lowest BCUT2D eigenvalue weighted by Crippen LogP contribution is -2.29. The third-order valence-corrected chi connectivity index (χ3v) is 4.14. The number of hydrogen-bond acceptors (Lipinski definition) is 4. The third kappa shape index (κ3) is 2.89. The van der Waals surface area contributed by atoms with E-state index in [1.807, 2.05) is 18.2 Å². The Labute approximate surface area is 144 Å². The van der Waals surface area contributed by atoms with E-state index in [2.05, 4.69) is 10.3 Å². The Morgan fingerprint density at radius 3 is 2.84 bits per heavy atom. The summed E-state index contributed by atoms with van der Waals surface area (Å²) in [4.78, 5) is 30.6. The van der Waals surface area contributed by atoms with Crippen molar-refractivity contribution in [3.05, 3.63) is 78.0 Å². The Morgan fingerprint density at radius 1 is 1.16 bits per heavy atom. The zero-order valence-electron chi connectivity index (χ0n) is 13.3. The quantitative estimate of drug-likeness (QED) is 0.799. The molecule has 0 saturated carbocycles. The zero-order chi connectivity index (χ0) is 17.2. The van der Waals surface area contributed by atoms with Crippen molar-refractivity contribution in [1.29, 1.82) is 0 Å². The Morgan fingerprint density at radius 2 is 2.08 bits per heavy atom. The van der Waals surface area contributed by atoms with Crippen molar-refractivity contribution in [2.24, 2.45) is 0 Å². The van der Waals surface area contributed by atoms with Gasteiger partial charge in [-0.15, -0.1) is 0 Å². The summed E-state index contributed by atoms with van der Waals surface area (Å²) in [5.41, 5.74) is 3.05. The maximum Gasteiger partial charge on any atom is 0.291 e. The van der Waals surface area contributed by atoms with E-state index in [0.29, 0.717) is 17.8 Å². The summed E-state index contributed by atoms with van der Waals surface area (Å²) in [7, 11) is 0. The SMILES string of the molecule is O=C(Nc1ccc2c(c1)N(C(=O)c1cccnc1)CC2)c1ccco1. The van der Waals surface area contributed by atoms with Crippen molar-refractivity contribution < 1.29 is 14.0 Å². The second-order valence-electron chi connectivity index (χ2n) is 5.72. The first-order chi connectivity index (χ1) is 12.2. The van der Waals surface area contributed by atoms with Crippen molar-refractivity contribution in [2.75, 3.05) is 16.8 Å². The number of nitrogens with zero attached hydrogens (tertiary/aromatic N) is 2. The topological polar surface area (TPSA) is 75.4 Å². The fourth-order valence-corrected chi connectivity index (χ4v) is 2.91. The Kier molecular flexibility index (Phi) is 3.78. The number of carbonyl (C=O) groups excluding carboxylic acids is 2. The zero-order valence-corrected chi connectivity index (χ0v) is 13.3. The maximum absolute atomic E-state index is 12.7. The van der Waals surface area contributed by atoms with Gasteiger partial charge in [-0.2, -0.15) is 0 Å². The average Bonchev–Trinajstić information content (AvgIpc) is 3.31. The van der Waals surface area contributed by atoms with E-state index in [-0.39, 0.29) is 17.6 Å². The monoisotopic (exact) mass is 333 g/mol. The predicted molar refractivity (Wildman–Crippen MR) is 92.7 cm³/mol. The van der Waals surface area contributed by atoms with Gasteiger partial charge in [-0.3, -0.25) is 14.6 Å². The number of rotatable bonds is 3. The molecular formula is C19H15N3O3. The highest BCUT2D eigenvalue weighted by Crippen LogP contribution is 2.32. The molecular weight excluding hydrogens is 318 g/mol. The fraction of sp³-hybridized carbons (Fsp3) is 0.105. The molecule has 0 saturated heterocycles. The second kappa shape index (κ2) is 6.24. The molecule has 0 bridgehead atoms. The van der Waals surface area contributed by atoms with E-state index in [1.165, 1.54) is 6.26 Å². The Balaban J connectivity index is 1.59. The van der Waals surface area contributed by atoms with Crippen LogP contribution in [-0.2, 0) is 6.42 Å². The molecule has 2 amide bonds. The first-order valence-corrected chi connectivity index (χ1v) is 7.92. The van der Waals surface area contributed by atoms with Crippen LogP contribution in [0.1, 0.15) is 26.5 Å². The van der Waals surface area contributed by atoms with Crippen LogP contribution >= 0.6 is 0 Å². The van der Waals surface area contributed by atoms with Crippen LogP contribution in [0.4, 0.5) is 11.4 Å². The Bertz CT molecular complexity index is 920. The molecule has 124 valence electrons. The van der Waals surface area contributed by atoms with Gasteiger partial charge < -0.3 is 14.6 Å². The molecule has 3 heterocycles. The molecule has 2 aromatic heterocycles. The number of amides is 2. The van der Waals surface area contributed by atoms with Crippen molar-refractivity contribution in [3.8, 4) is 0 Å². The molecule has 0 atom stereocenters. The largest absolute Gasteiger partial charge is 0.459 e. The molecule has 0 aliphatic carbocycles. The number of carbonyl (C=O) groups is 2. The second-order valence-corrected chi connectivity index (χ2v) is 5.72. The van der Waals surface area contributed by atoms with E-state index in [0.717, 1.165) is 17.7 Å².